The second-order valence-electron chi connectivity index (χ2n) is 3.91. The molecule has 8 heteroatoms. The molecule has 0 aromatic carbocycles. The molecule has 2 heterocycles. The number of hydrogen-bond acceptors (Lipinski definition) is 5. The SMILES string of the molecule is O=S(=O)(NCC1(O)CCOC1)c1sccc1Br. The molecule has 0 bridgehead atoms. The van der Waals surface area contributed by atoms with Crippen molar-refractivity contribution in [2.45, 2.75) is 16.2 Å². The van der Waals surface area contributed by atoms with Crippen LogP contribution in [0.3, 0.4) is 0 Å². The van der Waals surface area contributed by atoms with E-state index in [0.29, 0.717) is 17.5 Å². The van der Waals surface area contributed by atoms with Crippen LogP contribution in [0.2, 0.25) is 0 Å². The Morgan fingerprint density at radius 2 is 2.41 bits per heavy atom. The lowest BCUT2D eigenvalue weighted by Gasteiger charge is -2.20. The monoisotopic (exact) mass is 341 g/mol. The summed E-state index contributed by atoms with van der Waals surface area (Å²) in [6.45, 7) is 0.599. The second-order valence-corrected chi connectivity index (χ2v) is 7.64. The van der Waals surface area contributed by atoms with Gasteiger partial charge in [0.25, 0.3) is 10.0 Å². The van der Waals surface area contributed by atoms with E-state index in [1.807, 2.05) is 0 Å². The Labute approximate surface area is 112 Å². The average Bonchev–Trinajstić information content (AvgIpc) is 2.86. The normalized spacial score (nSPS) is 25.3. The van der Waals surface area contributed by atoms with E-state index in [1.165, 1.54) is 0 Å². The molecule has 2 N–H and O–H groups in total. The number of halogens is 1. The Morgan fingerprint density at radius 3 is 2.94 bits per heavy atom. The quantitative estimate of drug-likeness (QED) is 0.854. The van der Waals surface area contributed by atoms with Crippen molar-refractivity contribution in [3.8, 4) is 0 Å². The Bertz CT molecular complexity index is 493. The third-order valence-corrected chi connectivity index (χ3v) is 6.57. The van der Waals surface area contributed by atoms with Crippen LogP contribution in [0.15, 0.2) is 20.1 Å². The summed E-state index contributed by atoms with van der Waals surface area (Å²) in [6, 6.07) is 1.67. The van der Waals surface area contributed by atoms with E-state index in [2.05, 4.69) is 20.7 Å². The predicted molar refractivity (Wildman–Crippen MR) is 67.6 cm³/mol. The minimum atomic E-state index is -3.57. The van der Waals surface area contributed by atoms with Crippen LogP contribution in [0, 0.1) is 0 Å². The number of aliphatic hydroxyl groups is 1. The molecule has 1 atom stereocenters. The first kappa shape index (κ1) is 13.4. The van der Waals surface area contributed by atoms with Crippen LogP contribution in [0.25, 0.3) is 0 Å². The largest absolute Gasteiger partial charge is 0.386 e. The smallest absolute Gasteiger partial charge is 0.251 e. The van der Waals surface area contributed by atoms with Crippen molar-refractivity contribution in [2.75, 3.05) is 19.8 Å². The summed E-state index contributed by atoms with van der Waals surface area (Å²) >= 11 is 4.30. The van der Waals surface area contributed by atoms with Gasteiger partial charge in [0.1, 0.15) is 9.81 Å². The van der Waals surface area contributed by atoms with Crippen molar-refractivity contribution in [2.24, 2.45) is 0 Å². The molecule has 1 aromatic rings. The molecule has 0 saturated carbocycles. The summed E-state index contributed by atoms with van der Waals surface area (Å²) in [6.07, 6.45) is 0.446. The van der Waals surface area contributed by atoms with E-state index in [9.17, 15) is 13.5 Å². The molecule has 1 unspecified atom stereocenters. The molecule has 1 fully saturated rings. The van der Waals surface area contributed by atoms with E-state index < -0.39 is 15.6 Å². The fourth-order valence-electron chi connectivity index (χ4n) is 1.50. The van der Waals surface area contributed by atoms with Crippen molar-refractivity contribution in [3.63, 3.8) is 0 Å². The number of thiophene rings is 1. The van der Waals surface area contributed by atoms with Crippen molar-refractivity contribution in [1.82, 2.24) is 4.72 Å². The van der Waals surface area contributed by atoms with Crippen molar-refractivity contribution in [1.29, 1.82) is 0 Å². The third-order valence-electron chi connectivity index (χ3n) is 2.50. The number of hydrogen-bond donors (Lipinski definition) is 2. The molecule has 1 aliphatic rings. The van der Waals surface area contributed by atoms with Gasteiger partial charge in [0.15, 0.2) is 0 Å². The molecule has 0 radical (unpaired) electrons. The highest BCUT2D eigenvalue weighted by Crippen LogP contribution is 2.27. The molecule has 96 valence electrons. The molecule has 1 aliphatic heterocycles. The molecule has 1 saturated heterocycles. The first-order chi connectivity index (χ1) is 7.93. The summed E-state index contributed by atoms with van der Waals surface area (Å²) in [5.41, 5.74) is -1.09. The lowest BCUT2D eigenvalue weighted by molar-refractivity contribution is 0.0315. The maximum Gasteiger partial charge on any atom is 0.251 e. The van der Waals surface area contributed by atoms with Crippen molar-refractivity contribution < 1.29 is 18.3 Å². The molecule has 17 heavy (non-hydrogen) atoms. The summed E-state index contributed by atoms with van der Waals surface area (Å²) in [7, 11) is -3.57. The van der Waals surface area contributed by atoms with Gasteiger partial charge in [-0.1, -0.05) is 0 Å². The number of sulfonamides is 1. The third kappa shape index (κ3) is 3.07. The fraction of sp³-hybridized carbons (Fsp3) is 0.556. The highest BCUT2D eigenvalue weighted by atomic mass is 79.9. The van der Waals surface area contributed by atoms with E-state index >= 15 is 0 Å². The van der Waals surface area contributed by atoms with Crippen LogP contribution in [-0.2, 0) is 14.8 Å². The zero-order valence-electron chi connectivity index (χ0n) is 8.85. The summed E-state index contributed by atoms with van der Waals surface area (Å²) in [5.74, 6) is 0. The Balaban J connectivity index is 2.06. The van der Waals surface area contributed by atoms with Gasteiger partial charge in [-0.25, -0.2) is 13.1 Å². The number of nitrogens with one attached hydrogen (secondary N) is 1. The molecule has 0 spiro atoms. The Kier molecular flexibility index (Phi) is 3.91. The molecule has 0 amide bonds. The minimum absolute atomic E-state index is 0.0281. The van der Waals surface area contributed by atoms with E-state index in [4.69, 9.17) is 4.74 Å². The van der Waals surface area contributed by atoms with Crippen LogP contribution in [0.1, 0.15) is 6.42 Å². The Hall–Kier alpha value is 0.01000. The molecule has 2 rings (SSSR count). The van der Waals surface area contributed by atoms with Gasteiger partial charge in [0.2, 0.25) is 0 Å². The van der Waals surface area contributed by atoms with Gasteiger partial charge in [-0.2, -0.15) is 0 Å². The molecule has 1 aromatic heterocycles. The van der Waals surface area contributed by atoms with Crippen molar-refractivity contribution in [3.05, 3.63) is 15.9 Å². The number of ether oxygens (including phenoxy) is 1. The highest BCUT2D eigenvalue weighted by Gasteiger charge is 2.34. The van der Waals surface area contributed by atoms with Gasteiger partial charge in [-0.05, 0) is 27.4 Å². The highest BCUT2D eigenvalue weighted by molar-refractivity contribution is 9.10. The first-order valence-corrected chi connectivity index (χ1v) is 8.11. The summed E-state index contributed by atoms with van der Waals surface area (Å²) in [4.78, 5) is 0. The maximum absolute atomic E-state index is 11.9. The minimum Gasteiger partial charge on any atom is -0.386 e. The van der Waals surface area contributed by atoms with Crippen LogP contribution in [0.4, 0.5) is 0 Å². The topological polar surface area (TPSA) is 75.6 Å². The first-order valence-electron chi connectivity index (χ1n) is 4.96. The lowest BCUT2D eigenvalue weighted by atomic mass is 10.1. The van der Waals surface area contributed by atoms with Crippen LogP contribution in [-0.4, -0.2) is 38.9 Å². The van der Waals surface area contributed by atoms with E-state index in [0.717, 1.165) is 11.3 Å². The van der Waals surface area contributed by atoms with Gasteiger partial charge in [0.05, 0.1) is 6.61 Å². The van der Waals surface area contributed by atoms with Gasteiger partial charge in [-0.3, -0.25) is 0 Å². The molecular formula is C9H12BrNO4S2. The lowest BCUT2D eigenvalue weighted by Crippen LogP contribution is -2.43. The number of rotatable bonds is 4. The van der Waals surface area contributed by atoms with Gasteiger partial charge in [-0.15, -0.1) is 11.3 Å². The van der Waals surface area contributed by atoms with Crippen LogP contribution >= 0.6 is 27.3 Å². The zero-order valence-corrected chi connectivity index (χ0v) is 12.1. The van der Waals surface area contributed by atoms with Crippen LogP contribution in [0.5, 0.6) is 0 Å². The van der Waals surface area contributed by atoms with Crippen molar-refractivity contribution >= 4 is 37.3 Å². The van der Waals surface area contributed by atoms with E-state index in [-0.39, 0.29) is 17.4 Å². The van der Waals surface area contributed by atoms with Gasteiger partial charge < -0.3 is 9.84 Å². The second kappa shape index (κ2) is 4.94. The van der Waals surface area contributed by atoms with E-state index in [1.54, 1.807) is 11.4 Å². The fourth-order valence-corrected chi connectivity index (χ4v) is 5.00. The Morgan fingerprint density at radius 1 is 1.65 bits per heavy atom. The summed E-state index contributed by atoms with van der Waals surface area (Å²) in [5, 5.41) is 11.6. The zero-order chi connectivity index (χ0) is 12.5. The van der Waals surface area contributed by atoms with Gasteiger partial charge >= 0.3 is 0 Å². The predicted octanol–water partition coefficient (Wildman–Crippen LogP) is 0.940. The summed E-state index contributed by atoms with van der Waals surface area (Å²) < 4.78 is 32.1. The van der Waals surface area contributed by atoms with Crippen LogP contribution < -0.4 is 4.72 Å². The standard InChI is InChI=1S/C9H12BrNO4S2/c10-7-1-4-16-8(7)17(13,14)11-5-9(12)2-3-15-6-9/h1,4,11-12H,2-3,5-6H2. The molecule has 5 nitrogen and oxygen atoms in total. The maximum atomic E-state index is 11.9. The van der Waals surface area contributed by atoms with Gasteiger partial charge in [0, 0.05) is 24.0 Å². The molecule has 0 aliphatic carbocycles. The average molecular weight is 342 g/mol. The molecular weight excluding hydrogens is 330 g/mol.